The van der Waals surface area contributed by atoms with Crippen molar-refractivity contribution < 1.29 is 14.4 Å². The van der Waals surface area contributed by atoms with Gasteiger partial charge in [-0.2, -0.15) is 0 Å². The largest absolute Gasteiger partial charge is 0.342 e. The second-order valence-electron chi connectivity index (χ2n) is 7.70. The van der Waals surface area contributed by atoms with Gasteiger partial charge in [-0.05, 0) is 51.0 Å². The van der Waals surface area contributed by atoms with Crippen LogP contribution in [0.1, 0.15) is 37.0 Å². The first kappa shape index (κ1) is 20.5. The van der Waals surface area contributed by atoms with Gasteiger partial charge >= 0.3 is 0 Å². The van der Waals surface area contributed by atoms with Crippen LogP contribution < -0.4 is 5.32 Å². The van der Waals surface area contributed by atoms with Gasteiger partial charge in [-0.1, -0.05) is 0 Å². The van der Waals surface area contributed by atoms with Gasteiger partial charge in [0.15, 0.2) is 5.78 Å². The van der Waals surface area contributed by atoms with Crippen LogP contribution in [-0.2, 0) is 9.59 Å². The van der Waals surface area contributed by atoms with E-state index < -0.39 is 0 Å². The molecule has 2 aliphatic heterocycles. The maximum absolute atomic E-state index is 12.6. The minimum Gasteiger partial charge on any atom is -0.342 e. The standard InChI is InChI=1S/C21H30N4O3/c1-16(21(28)22-19-7-5-18(6-8-19)17(2)26)24-13-11-23(12-14-24)15-20(27)25-9-3-4-10-25/h5-8,16H,3-4,9-15H2,1-2H3,(H,22,28)/t16-/m0/s1. The van der Waals surface area contributed by atoms with Crippen LogP contribution in [0, 0.1) is 0 Å². The van der Waals surface area contributed by atoms with Crippen LogP contribution in [0.5, 0.6) is 0 Å². The summed E-state index contributed by atoms with van der Waals surface area (Å²) in [6, 6.07) is 6.70. The van der Waals surface area contributed by atoms with Crippen LogP contribution in [0.4, 0.5) is 5.69 Å². The van der Waals surface area contributed by atoms with Crippen molar-refractivity contribution in [3.05, 3.63) is 29.8 Å². The Bertz CT molecular complexity index is 705. The first-order chi connectivity index (χ1) is 13.4. The lowest BCUT2D eigenvalue weighted by Gasteiger charge is -2.37. The van der Waals surface area contributed by atoms with Crippen molar-refractivity contribution in [2.75, 3.05) is 51.1 Å². The molecule has 2 saturated heterocycles. The van der Waals surface area contributed by atoms with Crippen molar-refractivity contribution >= 4 is 23.3 Å². The van der Waals surface area contributed by atoms with Crippen LogP contribution in [0.25, 0.3) is 0 Å². The number of anilines is 1. The molecule has 3 rings (SSSR count). The Kier molecular flexibility index (Phi) is 6.80. The number of Topliss-reactive ketones (excluding diaryl/α,β-unsaturated/α-hetero) is 1. The summed E-state index contributed by atoms with van der Waals surface area (Å²) in [6.07, 6.45) is 2.23. The summed E-state index contributed by atoms with van der Waals surface area (Å²) in [6.45, 7) is 8.83. The van der Waals surface area contributed by atoms with E-state index in [-0.39, 0.29) is 23.6 Å². The van der Waals surface area contributed by atoms with Gasteiger partial charge in [-0.25, -0.2) is 0 Å². The topological polar surface area (TPSA) is 73.0 Å². The highest BCUT2D eigenvalue weighted by Gasteiger charge is 2.27. The summed E-state index contributed by atoms with van der Waals surface area (Å²) in [7, 11) is 0. The normalized spacial score (nSPS) is 19.4. The van der Waals surface area contributed by atoms with Gasteiger partial charge in [0.2, 0.25) is 11.8 Å². The highest BCUT2D eigenvalue weighted by atomic mass is 16.2. The predicted molar refractivity (Wildman–Crippen MR) is 108 cm³/mol. The first-order valence-corrected chi connectivity index (χ1v) is 10.1. The number of nitrogens with zero attached hydrogens (tertiary/aromatic N) is 3. The zero-order chi connectivity index (χ0) is 20.1. The number of carbonyl (C=O) groups excluding carboxylic acids is 3. The number of likely N-dealkylation sites (tertiary alicyclic amines) is 1. The number of nitrogens with one attached hydrogen (secondary N) is 1. The van der Waals surface area contributed by atoms with Gasteiger partial charge in [0, 0.05) is 50.5 Å². The average molecular weight is 386 g/mol. The zero-order valence-corrected chi connectivity index (χ0v) is 16.8. The molecule has 28 heavy (non-hydrogen) atoms. The monoisotopic (exact) mass is 386 g/mol. The minimum atomic E-state index is -0.246. The van der Waals surface area contributed by atoms with Crippen molar-refractivity contribution in [1.82, 2.24) is 14.7 Å². The van der Waals surface area contributed by atoms with Crippen LogP contribution >= 0.6 is 0 Å². The predicted octanol–water partition coefficient (Wildman–Crippen LogP) is 1.46. The zero-order valence-electron chi connectivity index (χ0n) is 16.8. The molecule has 1 aromatic rings. The maximum atomic E-state index is 12.6. The molecule has 0 spiro atoms. The molecule has 152 valence electrons. The van der Waals surface area contributed by atoms with Gasteiger partial charge in [-0.15, -0.1) is 0 Å². The molecule has 7 nitrogen and oxygen atoms in total. The molecule has 1 N–H and O–H groups in total. The number of rotatable bonds is 6. The van der Waals surface area contributed by atoms with Crippen molar-refractivity contribution in [3.8, 4) is 0 Å². The minimum absolute atomic E-state index is 0.00679. The summed E-state index contributed by atoms with van der Waals surface area (Å²) < 4.78 is 0. The van der Waals surface area contributed by atoms with Crippen LogP contribution in [0.3, 0.4) is 0 Å². The molecule has 0 radical (unpaired) electrons. The van der Waals surface area contributed by atoms with E-state index in [1.54, 1.807) is 24.3 Å². The van der Waals surface area contributed by atoms with Gasteiger partial charge in [-0.3, -0.25) is 24.2 Å². The smallest absolute Gasteiger partial charge is 0.241 e. The third-order valence-corrected chi connectivity index (χ3v) is 5.71. The maximum Gasteiger partial charge on any atom is 0.241 e. The fourth-order valence-electron chi connectivity index (χ4n) is 3.77. The molecule has 2 aliphatic rings. The van der Waals surface area contributed by atoms with E-state index in [4.69, 9.17) is 0 Å². The van der Waals surface area contributed by atoms with Gasteiger partial charge in [0.25, 0.3) is 0 Å². The van der Waals surface area contributed by atoms with E-state index in [2.05, 4.69) is 15.1 Å². The van der Waals surface area contributed by atoms with Crippen molar-refractivity contribution in [3.63, 3.8) is 0 Å². The summed E-state index contributed by atoms with van der Waals surface area (Å²) in [5.74, 6) is 0.176. The Labute approximate surface area is 166 Å². The van der Waals surface area contributed by atoms with Crippen LogP contribution in [-0.4, -0.2) is 84.2 Å². The molecule has 0 aromatic heterocycles. The Morgan fingerprint density at radius 2 is 1.57 bits per heavy atom. The molecule has 0 bridgehead atoms. The molecule has 2 amide bonds. The lowest BCUT2D eigenvalue weighted by Crippen LogP contribution is -2.54. The number of ketones is 1. The van der Waals surface area contributed by atoms with E-state index in [0.717, 1.165) is 52.1 Å². The average Bonchev–Trinajstić information content (AvgIpc) is 3.23. The van der Waals surface area contributed by atoms with Crippen molar-refractivity contribution in [2.45, 2.75) is 32.7 Å². The van der Waals surface area contributed by atoms with E-state index >= 15 is 0 Å². The third kappa shape index (κ3) is 5.17. The summed E-state index contributed by atoms with van der Waals surface area (Å²) in [5, 5.41) is 2.92. The van der Waals surface area contributed by atoms with E-state index in [1.807, 2.05) is 11.8 Å². The molecule has 0 aliphatic carbocycles. The van der Waals surface area contributed by atoms with E-state index in [9.17, 15) is 14.4 Å². The SMILES string of the molecule is CC(=O)c1ccc(NC(=O)[C@H](C)N2CCN(CC(=O)N3CCCC3)CC2)cc1. The summed E-state index contributed by atoms with van der Waals surface area (Å²) >= 11 is 0. The van der Waals surface area contributed by atoms with Crippen LogP contribution in [0.15, 0.2) is 24.3 Å². The number of carbonyl (C=O) groups is 3. The molecule has 0 unspecified atom stereocenters. The molecule has 0 saturated carbocycles. The second-order valence-corrected chi connectivity index (χ2v) is 7.70. The summed E-state index contributed by atoms with van der Waals surface area (Å²) in [5.41, 5.74) is 1.32. The van der Waals surface area contributed by atoms with Crippen molar-refractivity contribution in [2.24, 2.45) is 0 Å². The van der Waals surface area contributed by atoms with Gasteiger partial charge in [0.05, 0.1) is 12.6 Å². The first-order valence-electron chi connectivity index (χ1n) is 10.1. The fraction of sp³-hybridized carbons (Fsp3) is 0.571. The number of hydrogen-bond acceptors (Lipinski definition) is 5. The molecule has 7 heteroatoms. The van der Waals surface area contributed by atoms with Crippen LogP contribution in [0.2, 0.25) is 0 Å². The second kappa shape index (κ2) is 9.30. The number of piperazine rings is 1. The Morgan fingerprint density at radius 3 is 2.14 bits per heavy atom. The Hall–Kier alpha value is -2.25. The summed E-state index contributed by atoms with van der Waals surface area (Å²) in [4.78, 5) is 42.5. The third-order valence-electron chi connectivity index (χ3n) is 5.71. The quantitative estimate of drug-likeness (QED) is 0.750. The van der Waals surface area contributed by atoms with Gasteiger partial charge < -0.3 is 10.2 Å². The number of hydrogen-bond donors (Lipinski definition) is 1. The molecular weight excluding hydrogens is 356 g/mol. The van der Waals surface area contributed by atoms with E-state index in [1.165, 1.54) is 6.92 Å². The molecular formula is C21H30N4O3. The molecule has 2 fully saturated rings. The fourth-order valence-corrected chi connectivity index (χ4v) is 3.77. The lowest BCUT2D eigenvalue weighted by atomic mass is 10.1. The Morgan fingerprint density at radius 1 is 0.964 bits per heavy atom. The number of amides is 2. The highest BCUT2D eigenvalue weighted by molar-refractivity contribution is 5.97. The van der Waals surface area contributed by atoms with Crippen molar-refractivity contribution in [1.29, 1.82) is 0 Å². The van der Waals surface area contributed by atoms with Gasteiger partial charge in [0.1, 0.15) is 0 Å². The molecule has 1 aromatic carbocycles. The number of benzene rings is 1. The molecule has 2 heterocycles. The molecule has 1 atom stereocenters. The Balaban J connectivity index is 1.44. The lowest BCUT2D eigenvalue weighted by molar-refractivity contribution is -0.132. The van der Waals surface area contributed by atoms with E-state index in [0.29, 0.717) is 17.8 Å². The highest BCUT2D eigenvalue weighted by Crippen LogP contribution is 2.14.